The van der Waals surface area contributed by atoms with Crippen LogP contribution in [0.25, 0.3) is 20.9 Å². The van der Waals surface area contributed by atoms with Gasteiger partial charge in [0.25, 0.3) is 5.91 Å². The first-order valence-electron chi connectivity index (χ1n) is 7.72. The summed E-state index contributed by atoms with van der Waals surface area (Å²) in [5, 5.41) is 6.04. The minimum atomic E-state index is -0.345. The van der Waals surface area contributed by atoms with Gasteiger partial charge in [-0.15, -0.1) is 11.3 Å². The molecule has 0 radical (unpaired) electrons. The molecule has 0 saturated heterocycles. The molecule has 3 aromatic carbocycles. The van der Waals surface area contributed by atoms with Crippen LogP contribution in [0.2, 0.25) is 5.02 Å². The fourth-order valence-corrected chi connectivity index (χ4v) is 4.34. The summed E-state index contributed by atoms with van der Waals surface area (Å²) in [6.07, 6.45) is 0. The SMILES string of the molecule is Cc1ccc2ccccc2c1NC(=O)c1sc2cc(F)ccc2c1Cl. The van der Waals surface area contributed by atoms with Crippen molar-refractivity contribution in [2.45, 2.75) is 6.92 Å². The number of nitrogens with one attached hydrogen (secondary N) is 1. The number of carbonyl (C=O) groups is 1. The van der Waals surface area contributed by atoms with Gasteiger partial charge < -0.3 is 5.32 Å². The Balaban J connectivity index is 1.79. The summed E-state index contributed by atoms with van der Waals surface area (Å²) < 4.78 is 14.1. The van der Waals surface area contributed by atoms with Gasteiger partial charge in [0, 0.05) is 15.5 Å². The number of halogens is 2. The van der Waals surface area contributed by atoms with E-state index in [1.165, 1.54) is 23.5 Å². The van der Waals surface area contributed by atoms with Gasteiger partial charge in [0.05, 0.1) is 10.7 Å². The van der Waals surface area contributed by atoms with Gasteiger partial charge >= 0.3 is 0 Å². The highest BCUT2D eigenvalue weighted by Crippen LogP contribution is 2.37. The summed E-state index contributed by atoms with van der Waals surface area (Å²) in [6.45, 7) is 1.95. The predicted molar refractivity (Wildman–Crippen MR) is 103 cm³/mol. The molecule has 0 fully saturated rings. The largest absolute Gasteiger partial charge is 0.320 e. The number of aryl methyl sites for hydroxylation is 1. The fourth-order valence-electron chi connectivity index (χ4n) is 2.90. The van der Waals surface area contributed by atoms with Crippen molar-refractivity contribution in [3.05, 3.63) is 75.9 Å². The first-order valence-corrected chi connectivity index (χ1v) is 8.91. The van der Waals surface area contributed by atoms with Crippen molar-refractivity contribution < 1.29 is 9.18 Å². The fraction of sp³-hybridized carbons (Fsp3) is 0.0500. The van der Waals surface area contributed by atoms with Crippen molar-refractivity contribution in [3.63, 3.8) is 0 Å². The van der Waals surface area contributed by atoms with Gasteiger partial charge in [-0.05, 0) is 36.1 Å². The highest BCUT2D eigenvalue weighted by atomic mass is 35.5. The molecule has 124 valence electrons. The van der Waals surface area contributed by atoms with Crippen LogP contribution in [0.3, 0.4) is 0 Å². The van der Waals surface area contributed by atoms with E-state index in [-0.39, 0.29) is 11.7 Å². The van der Waals surface area contributed by atoms with Crippen LogP contribution in [0.4, 0.5) is 10.1 Å². The highest BCUT2D eigenvalue weighted by Gasteiger charge is 2.19. The zero-order chi connectivity index (χ0) is 17.6. The molecule has 25 heavy (non-hydrogen) atoms. The maximum Gasteiger partial charge on any atom is 0.267 e. The van der Waals surface area contributed by atoms with Gasteiger partial charge in [0.1, 0.15) is 10.7 Å². The molecule has 2 nitrogen and oxygen atoms in total. The molecule has 0 aliphatic heterocycles. The van der Waals surface area contributed by atoms with E-state index >= 15 is 0 Å². The van der Waals surface area contributed by atoms with Crippen LogP contribution < -0.4 is 5.32 Å². The Bertz CT molecular complexity index is 1140. The number of fused-ring (bicyclic) bond motifs is 2. The number of amides is 1. The maximum atomic E-state index is 13.4. The van der Waals surface area contributed by atoms with Crippen molar-refractivity contribution in [1.29, 1.82) is 0 Å². The normalized spacial score (nSPS) is 11.2. The van der Waals surface area contributed by atoms with Crippen LogP contribution in [0.15, 0.2) is 54.6 Å². The lowest BCUT2D eigenvalue weighted by Gasteiger charge is -2.11. The predicted octanol–water partition coefficient (Wildman–Crippen LogP) is 6.41. The molecule has 4 aromatic rings. The van der Waals surface area contributed by atoms with E-state index in [1.807, 2.05) is 43.3 Å². The Hall–Kier alpha value is -2.43. The molecular formula is C20H13ClFNOS. The minimum Gasteiger partial charge on any atom is -0.320 e. The quantitative estimate of drug-likeness (QED) is 0.434. The van der Waals surface area contributed by atoms with E-state index < -0.39 is 0 Å². The second kappa shape index (κ2) is 6.14. The summed E-state index contributed by atoms with van der Waals surface area (Å²) in [4.78, 5) is 13.2. The molecule has 0 atom stereocenters. The van der Waals surface area contributed by atoms with Crippen LogP contribution >= 0.6 is 22.9 Å². The first kappa shape index (κ1) is 16.1. The molecule has 0 bridgehead atoms. The van der Waals surface area contributed by atoms with E-state index in [9.17, 15) is 9.18 Å². The number of anilines is 1. The van der Waals surface area contributed by atoms with Crippen LogP contribution in [0.5, 0.6) is 0 Å². The summed E-state index contributed by atoms with van der Waals surface area (Å²) in [7, 11) is 0. The average molecular weight is 370 g/mol. The van der Waals surface area contributed by atoms with Gasteiger partial charge in [0.2, 0.25) is 0 Å². The van der Waals surface area contributed by atoms with Crippen molar-refractivity contribution in [2.75, 3.05) is 5.32 Å². The lowest BCUT2D eigenvalue weighted by molar-refractivity contribution is 0.103. The lowest BCUT2D eigenvalue weighted by atomic mass is 10.0. The third-order valence-electron chi connectivity index (χ3n) is 4.17. The van der Waals surface area contributed by atoms with E-state index in [1.54, 1.807) is 6.07 Å². The Morgan fingerprint density at radius 2 is 1.88 bits per heavy atom. The second-order valence-corrected chi connectivity index (χ2v) is 7.25. The van der Waals surface area contributed by atoms with Crippen LogP contribution in [0, 0.1) is 12.7 Å². The molecule has 1 N–H and O–H groups in total. The number of hydrogen-bond donors (Lipinski definition) is 1. The molecule has 0 aliphatic rings. The monoisotopic (exact) mass is 369 g/mol. The molecular weight excluding hydrogens is 357 g/mol. The third kappa shape index (κ3) is 2.77. The molecule has 5 heteroatoms. The van der Waals surface area contributed by atoms with Crippen molar-refractivity contribution in [3.8, 4) is 0 Å². The summed E-state index contributed by atoms with van der Waals surface area (Å²) in [5.41, 5.74) is 1.73. The Morgan fingerprint density at radius 3 is 2.72 bits per heavy atom. The average Bonchev–Trinajstić information content (AvgIpc) is 2.93. The zero-order valence-electron chi connectivity index (χ0n) is 13.3. The summed E-state index contributed by atoms with van der Waals surface area (Å²) in [6, 6.07) is 16.2. The summed E-state index contributed by atoms with van der Waals surface area (Å²) in [5.74, 6) is -0.631. The van der Waals surface area contributed by atoms with E-state index in [4.69, 9.17) is 11.6 Å². The van der Waals surface area contributed by atoms with E-state index in [0.717, 1.165) is 22.0 Å². The number of hydrogen-bond acceptors (Lipinski definition) is 2. The first-order chi connectivity index (χ1) is 12.0. The highest BCUT2D eigenvalue weighted by molar-refractivity contribution is 7.21. The van der Waals surface area contributed by atoms with Crippen LogP contribution in [-0.2, 0) is 0 Å². The topological polar surface area (TPSA) is 29.1 Å². The second-order valence-electron chi connectivity index (χ2n) is 5.82. The van der Waals surface area contributed by atoms with E-state index in [0.29, 0.717) is 20.0 Å². The number of benzene rings is 3. The molecule has 1 amide bonds. The number of rotatable bonds is 2. The molecule has 1 heterocycles. The van der Waals surface area contributed by atoms with Crippen LogP contribution in [0.1, 0.15) is 15.2 Å². The van der Waals surface area contributed by atoms with Crippen molar-refractivity contribution in [1.82, 2.24) is 0 Å². The van der Waals surface area contributed by atoms with Crippen molar-refractivity contribution in [2.24, 2.45) is 0 Å². The molecule has 0 unspecified atom stereocenters. The Kier molecular flexibility index (Phi) is 3.94. The molecule has 0 aliphatic carbocycles. The van der Waals surface area contributed by atoms with Crippen molar-refractivity contribution >= 4 is 55.4 Å². The standard InChI is InChI=1S/C20H13ClFNOS/c1-11-6-7-12-4-2-3-5-14(12)18(11)23-20(24)19-17(21)15-9-8-13(22)10-16(15)25-19/h2-10H,1H3,(H,23,24). The lowest BCUT2D eigenvalue weighted by Crippen LogP contribution is -2.12. The van der Waals surface area contributed by atoms with E-state index in [2.05, 4.69) is 5.32 Å². The third-order valence-corrected chi connectivity index (χ3v) is 5.83. The zero-order valence-corrected chi connectivity index (χ0v) is 14.8. The van der Waals surface area contributed by atoms with Gasteiger partial charge in [-0.3, -0.25) is 4.79 Å². The summed E-state index contributed by atoms with van der Waals surface area (Å²) >= 11 is 7.55. The van der Waals surface area contributed by atoms with Gasteiger partial charge in [-0.2, -0.15) is 0 Å². The minimum absolute atomic E-state index is 0.286. The number of thiophene rings is 1. The maximum absolute atomic E-state index is 13.4. The Morgan fingerprint density at radius 1 is 1.08 bits per heavy atom. The molecule has 0 spiro atoms. The number of carbonyl (C=O) groups excluding carboxylic acids is 1. The van der Waals surface area contributed by atoms with Crippen LogP contribution in [-0.4, -0.2) is 5.91 Å². The molecule has 0 saturated carbocycles. The Labute approximate surface area is 152 Å². The smallest absolute Gasteiger partial charge is 0.267 e. The van der Waals surface area contributed by atoms with Gasteiger partial charge in [0.15, 0.2) is 0 Å². The van der Waals surface area contributed by atoms with Gasteiger partial charge in [-0.25, -0.2) is 4.39 Å². The molecule has 1 aromatic heterocycles. The van der Waals surface area contributed by atoms with Gasteiger partial charge in [-0.1, -0.05) is 48.0 Å². The molecule has 4 rings (SSSR count).